The van der Waals surface area contributed by atoms with E-state index in [0.29, 0.717) is 5.56 Å². The Kier molecular flexibility index (Phi) is 9.17. The van der Waals surface area contributed by atoms with Gasteiger partial charge < -0.3 is 4.57 Å². The van der Waals surface area contributed by atoms with Gasteiger partial charge in [0, 0.05) is 11.7 Å². The molecule has 0 N–H and O–H groups in total. The zero-order valence-electron chi connectivity index (χ0n) is 29.6. The predicted octanol–water partition coefficient (Wildman–Crippen LogP) is 6.52. The van der Waals surface area contributed by atoms with Crippen molar-refractivity contribution in [2.75, 3.05) is 0 Å². The number of rotatable bonds is 6. The van der Waals surface area contributed by atoms with Gasteiger partial charge >= 0.3 is 21.1 Å². The number of pyridine rings is 1. The van der Waals surface area contributed by atoms with Crippen molar-refractivity contribution in [3.05, 3.63) is 162 Å². The van der Waals surface area contributed by atoms with E-state index in [0.717, 1.165) is 55.3 Å². The fourth-order valence-corrected chi connectivity index (χ4v) is 11.9. The summed E-state index contributed by atoms with van der Waals surface area (Å²) in [5, 5.41) is 21.2. The van der Waals surface area contributed by atoms with Crippen LogP contribution in [0, 0.1) is 37.3 Å². The van der Waals surface area contributed by atoms with Gasteiger partial charge in [-0.2, -0.15) is 57.1 Å². The number of nitrogens with zero attached hydrogens (tertiary/aromatic N) is 6. The first-order valence-corrected chi connectivity index (χ1v) is 19.1. The van der Waals surface area contributed by atoms with E-state index in [1.807, 2.05) is 49.0 Å². The van der Waals surface area contributed by atoms with Crippen LogP contribution in [0.2, 0.25) is 0 Å². The molecular formula is C44H36N6PtSi. The minimum Gasteiger partial charge on any atom is -0.319 e. The van der Waals surface area contributed by atoms with E-state index in [9.17, 15) is 5.26 Å². The number of fused-ring (bicyclic) bond motifs is 3. The van der Waals surface area contributed by atoms with Crippen LogP contribution in [0.4, 0.5) is 0 Å². The summed E-state index contributed by atoms with van der Waals surface area (Å²) < 4.78 is 4.08. The fourth-order valence-electron chi connectivity index (χ4n) is 7.33. The van der Waals surface area contributed by atoms with Gasteiger partial charge in [-0.05, 0) is 76.6 Å². The molecular weight excluding hydrogens is 836 g/mol. The number of aryl methyl sites for hydroxylation is 2. The number of hydrogen-bond donors (Lipinski definition) is 0. The molecule has 3 aromatic heterocycles. The van der Waals surface area contributed by atoms with Gasteiger partial charge in [-0.25, -0.2) is 14.6 Å². The van der Waals surface area contributed by atoms with Crippen molar-refractivity contribution in [3.8, 4) is 17.6 Å². The Hall–Kier alpha value is -5.41. The van der Waals surface area contributed by atoms with E-state index in [4.69, 9.17) is 10.1 Å². The summed E-state index contributed by atoms with van der Waals surface area (Å²) in [6.07, 6.45) is 1.89. The maximum absolute atomic E-state index is 9.89. The Labute approximate surface area is 319 Å². The van der Waals surface area contributed by atoms with Crippen molar-refractivity contribution in [3.63, 3.8) is 0 Å². The van der Waals surface area contributed by atoms with Crippen LogP contribution < -0.4 is 20.7 Å². The molecule has 0 aliphatic rings. The third kappa shape index (κ3) is 5.82. The molecule has 0 amide bonds. The van der Waals surface area contributed by atoms with Crippen LogP contribution in [-0.4, -0.2) is 32.4 Å². The van der Waals surface area contributed by atoms with Crippen LogP contribution in [0.5, 0.6) is 0 Å². The Morgan fingerprint density at radius 3 is 2.06 bits per heavy atom. The molecule has 52 heavy (non-hydrogen) atoms. The second kappa shape index (κ2) is 13.6. The van der Waals surface area contributed by atoms with Crippen molar-refractivity contribution in [2.45, 2.75) is 40.0 Å². The second-order valence-electron chi connectivity index (χ2n) is 14.0. The molecule has 256 valence electrons. The summed E-state index contributed by atoms with van der Waals surface area (Å²) >= 11 is 0. The van der Waals surface area contributed by atoms with Crippen molar-refractivity contribution in [1.29, 1.82) is 5.26 Å². The van der Waals surface area contributed by atoms with Crippen molar-refractivity contribution in [2.24, 2.45) is 0 Å². The molecule has 3 heterocycles. The number of aromatic nitrogens is 5. The van der Waals surface area contributed by atoms with Gasteiger partial charge in [-0.1, -0.05) is 87.0 Å². The third-order valence-corrected chi connectivity index (χ3v) is 14.3. The molecule has 8 aromatic rings. The Balaban J connectivity index is 0.00000420. The molecule has 0 saturated carbocycles. The summed E-state index contributed by atoms with van der Waals surface area (Å²) in [5.41, 5.74) is 4.48. The third-order valence-electron chi connectivity index (χ3n) is 9.75. The maximum atomic E-state index is 9.89. The monoisotopic (exact) mass is 871 g/mol. The van der Waals surface area contributed by atoms with Crippen LogP contribution in [0.1, 0.15) is 43.5 Å². The predicted molar refractivity (Wildman–Crippen MR) is 208 cm³/mol. The molecule has 0 fully saturated rings. The summed E-state index contributed by atoms with van der Waals surface area (Å²) in [5.74, 6) is 2.35. The first-order chi connectivity index (χ1) is 24.7. The summed E-state index contributed by atoms with van der Waals surface area (Å²) in [6.45, 7) is 10.5. The summed E-state index contributed by atoms with van der Waals surface area (Å²) in [6, 6.07) is 52.8. The molecule has 0 bridgehead atoms. The average molecular weight is 872 g/mol. The largest absolute Gasteiger partial charge is 2.00 e. The molecule has 0 saturated heterocycles. The molecule has 8 rings (SSSR count). The van der Waals surface area contributed by atoms with E-state index in [1.54, 1.807) is 0 Å². The van der Waals surface area contributed by atoms with Crippen molar-refractivity contribution < 1.29 is 21.1 Å². The number of benzene rings is 5. The van der Waals surface area contributed by atoms with Gasteiger partial charge in [-0.15, -0.1) is 11.5 Å². The topological polar surface area (TPSA) is 72.3 Å². The summed E-state index contributed by atoms with van der Waals surface area (Å²) in [7, 11) is -3.08. The average Bonchev–Trinajstić information content (AvgIpc) is 3.67. The fraction of sp³-hybridized carbons (Fsp3) is 0.136. The van der Waals surface area contributed by atoms with Crippen LogP contribution in [0.15, 0.2) is 128 Å². The first-order valence-electron chi connectivity index (χ1n) is 17.1. The zero-order valence-corrected chi connectivity index (χ0v) is 32.9. The van der Waals surface area contributed by atoms with Crippen molar-refractivity contribution >= 4 is 50.6 Å². The Bertz CT molecular complexity index is 2570. The molecule has 5 aromatic carbocycles. The van der Waals surface area contributed by atoms with Crippen LogP contribution >= 0.6 is 0 Å². The minimum absolute atomic E-state index is 0. The summed E-state index contributed by atoms with van der Waals surface area (Å²) in [4.78, 5) is 9.52. The SMILES string of the molecule is Cc1nc(C)n(-c2[c-]c([Si](c3[c-]c4c(cc3)c3cc(C#N)ccc3n4-c3cc(C(C)(C)C)ccn3)(c3ccccc3)c3ccccc3)ccc2)n1.[Pt+2]. The van der Waals surface area contributed by atoms with Crippen molar-refractivity contribution in [1.82, 2.24) is 24.3 Å². The van der Waals surface area contributed by atoms with Crippen LogP contribution in [0.3, 0.4) is 0 Å². The second-order valence-corrected chi connectivity index (χ2v) is 17.7. The maximum Gasteiger partial charge on any atom is 2.00 e. The van der Waals surface area contributed by atoms with E-state index in [1.165, 1.54) is 15.9 Å². The molecule has 0 spiro atoms. The smallest absolute Gasteiger partial charge is 0.319 e. The van der Waals surface area contributed by atoms with Gasteiger partial charge in [0.1, 0.15) is 25.5 Å². The van der Waals surface area contributed by atoms with Gasteiger partial charge in [0.15, 0.2) is 0 Å². The van der Waals surface area contributed by atoms with E-state index < -0.39 is 8.07 Å². The first kappa shape index (κ1) is 35.0. The minimum atomic E-state index is -3.08. The number of hydrogen-bond acceptors (Lipinski definition) is 4. The van der Waals surface area contributed by atoms with Gasteiger partial charge in [0.2, 0.25) is 0 Å². The zero-order chi connectivity index (χ0) is 35.3. The number of nitriles is 1. The van der Waals surface area contributed by atoms with E-state index in [2.05, 4.69) is 146 Å². The Morgan fingerprint density at radius 1 is 0.731 bits per heavy atom. The molecule has 0 aliphatic carbocycles. The normalized spacial score (nSPS) is 11.8. The molecule has 0 unspecified atom stereocenters. The van der Waals surface area contributed by atoms with Crippen LogP contribution in [0.25, 0.3) is 33.3 Å². The van der Waals surface area contributed by atoms with Crippen LogP contribution in [-0.2, 0) is 26.5 Å². The quantitative estimate of drug-likeness (QED) is 0.109. The van der Waals surface area contributed by atoms with Gasteiger partial charge in [0.05, 0.1) is 11.6 Å². The standard InChI is InChI=1S/C44H36N6Si.Pt/c1-30-47-31(2)50(48-30)34-13-12-18-37(27-34)51(35-14-8-6-9-15-35,36-16-10-7-11-17-36)38-20-21-39-40-25-32(29-45)19-22-41(40)49(42(39)28-38)43-26-33(23-24-46-43)44(3,4)5;/h6-26H,1-5H3;/q-2;+2. The van der Waals surface area contributed by atoms with Gasteiger partial charge in [-0.3, -0.25) is 0 Å². The molecule has 0 atom stereocenters. The molecule has 0 aliphatic heterocycles. The molecule has 6 nitrogen and oxygen atoms in total. The van der Waals surface area contributed by atoms with E-state index >= 15 is 0 Å². The van der Waals surface area contributed by atoms with Gasteiger partial charge in [0.25, 0.3) is 0 Å². The molecule has 0 radical (unpaired) electrons. The Morgan fingerprint density at radius 2 is 1.42 bits per heavy atom. The van der Waals surface area contributed by atoms with E-state index in [-0.39, 0.29) is 26.5 Å². The molecule has 8 heteroatoms.